The third-order valence-electron chi connectivity index (χ3n) is 3.88. The monoisotopic (exact) mass is 439 g/mol. The van der Waals surface area contributed by atoms with Gasteiger partial charge < -0.3 is 4.74 Å². The third kappa shape index (κ3) is 4.27. The van der Waals surface area contributed by atoms with Gasteiger partial charge in [0.25, 0.3) is 0 Å². The summed E-state index contributed by atoms with van der Waals surface area (Å²) in [6.45, 7) is 6.14. The number of benzene rings is 2. The average Bonchev–Trinajstić information content (AvgIpc) is 2.59. The topological polar surface area (TPSA) is 49.8 Å². The minimum absolute atomic E-state index is 0.236. The van der Waals surface area contributed by atoms with Crippen LogP contribution in [0.15, 0.2) is 36.4 Å². The molecule has 0 spiro atoms. The molecule has 2 rings (SSSR count). The van der Waals surface area contributed by atoms with Gasteiger partial charge in [0.1, 0.15) is 12.4 Å². The van der Waals surface area contributed by atoms with E-state index in [-0.39, 0.29) is 18.9 Å². The van der Waals surface area contributed by atoms with Crippen LogP contribution in [0.4, 0.5) is 5.69 Å². The van der Waals surface area contributed by atoms with Gasteiger partial charge in [0.2, 0.25) is 5.91 Å². The van der Waals surface area contributed by atoms with Crippen LogP contribution >= 0.6 is 22.6 Å². The summed E-state index contributed by atoms with van der Waals surface area (Å²) in [7, 11) is 0. The molecule has 0 fully saturated rings. The smallest absolute Gasteiger partial charge is 0.250 e. The molecular formula is C19H22INO3. The highest BCUT2D eigenvalue weighted by atomic mass is 127. The van der Waals surface area contributed by atoms with E-state index in [2.05, 4.69) is 41.6 Å². The molecule has 0 aliphatic rings. The van der Waals surface area contributed by atoms with Gasteiger partial charge in [0.15, 0.2) is 0 Å². The van der Waals surface area contributed by atoms with E-state index in [9.17, 15) is 10.0 Å². The number of hydrogen-bond acceptors (Lipinski definition) is 3. The Kier molecular flexibility index (Phi) is 6.62. The highest BCUT2D eigenvalue weighted by molar-refractivity contribution is 14.1. The van der Waals surface area contributed by atoms with E-state index in [0.29, 0.717) is 10.8 Å². The SMILES string of the molecule is CCC(=O)N(O)c1cccc(I)c1COc1ccc(CC)cc1C. The number of aryl methyl sites for hydroxylation is 2. The van der Waals surface area contributed by atoms with E-state index < -0.39 is 0 Å². The van der Waals surface area contributed by atoms with Gasteiger partial charge in [0.05, 0.1) is 5.69 Å². The summed E-state index contributed by atoms with van der Waals surface area (Å²) in [5.41, 5.74) is 3.61. The summed E-state index contributed by atoms with van der Waals surface area (Å²) in [5, 5.41) is 10.9. The van der Waals surface area contributed by atoms with Gasteiger partial charge in [-0.3, -0.25) is 10.0 Å². The molecule has 1 amide bonds. The maximum Gasteiger partial charge on any atom is 0.250 e. The molecule has 0 bridgehead atoms. The molecule has 0 radical (unpaired) electrons. The molecule has 0 aliphatic heterocycles. The number of hydrogen-bond donors (Lipinski definition) is 1. The molecule has 0 atom stereocenters. The maximum atomic E-state index is 11.8. The summed E-state index contributed by atoms with van der Waals surface area (Å²) in [5.74, 6) is 0.464. The van der Waals surface area contributed by atoms with Crippen LogP contribution in [-0.4, -0.2) is 11.1 Å². The first-order valence-electron chi connectivity index (χ1n) is 7.99. The number of nitrogens with zero attached hydrogens (tertiary/aromatic N) is 1. The fourth-order valence-electron chi connectivity index (χ4n) is 2.42. The Morgan fingerprint density at radius 1 is 1.25 bits per heavy atom. The minimum atomic E-state index is -0.346. The zero-order valence-corrected chi connectivity index (χ0v) is 16.3. The number of carbonyl (C=O) groups excluding carboxylic acids is 1. The van der Waals surface area contributed by atoms with Gasteiger partial charge in [-0.1, -0.05) is 32.0 Å². The molecule has 1 N–H and O–H groups in total. The molecule has 0 saturated carbocycles. The van der Waals surface area contributed by atoms with Gasteiger partial charge in [-0.25, -0.2) is 0 Å². The van der Waals surface area contributed by atoms with Crippen LogP contribution < -0.4 is 9.80 Å². The van der Waals surface area contributed by atoms with Crippen molar-refractivity contribution in [2.24, 2.45) is 0 Å². The first-order chi connectivity index (χ1) is 11.5. The molecule has 24 heavy (non-hydrogen) atoms. The molecule has 128 valence electrons. The second kappa shape index (κ2) is 8.48. The third-order valence-corrected chi connectivity index (χ3v) is 4.89. The second-order valence-electron chi connectivity index (χ2n) is 5.54. The van der Waals surface area contributed by atoms with Crippen molar-refractivity contribution in [2.75, 3.05) is 5.06 Å². The largest absolute Gasteiger partial charge is 0.489 e. The van der Waals surface area contributed by atoms with Gasteiger partial charge in [0, 0.05) is 15.6 Å². The molecule has 0 aliphatic carbocycles. The standard InChI is InChI=1S/C19H22INO3/c1-4-14-9-10-18(13(3)11-14)24-12-15-16(20)7-6-8-17(15)21(23)19(22)5-2/h6-11,23H,4-5,12H2,1-3H3. The number of carbonyl (C=O) groups is 1. The Labute approximate surface area is 156 Å². The lowest BCUT2D eigenvalue weighted by molar-refractivity contribution is -0.123. The Bertz CT molecular complexity index is 731. The Balaban J connectivity index is 2.25. The van der Waals surface area contributed by atoms with E-state index in [1.165, 1.54) is 5.56 Å². The normalized spacial score (nSPS) is 10.5. The molecule has 0 aromatic heterocycles. The highest BCUT2D eigenvalue weighted by Gasteiger charge is 2.17. The predicted octanol–water partition coefficient (Wildman–Crippen LogP) is 4.87. The average molecular weight is 439 g/mol. The van der Waals surface area contributed by atoms with Gasteiger partial charge in [-0.15, -0.1) is 0 Å². The van der Waals surface area contributed by atoms with Crippen molar-refractivity contribution < 1.29 is 14.7 Å². The number of hydroxylamine groups is 1. The Hall–Kier alpha value is -1.60. The summed E-state index contributed by atoms with van der Waals surface area (Å²) in [4.78, 5) is 11.8. The summed E-state index contributed by atoms with van der Waals surface area (Å²) in [6, 6.07) is 11.6. The Morgan fingerprint density at radius 2 is 2.00 bits per heavy atom. The fraction of sp³-hybridized carbons (Fsp3) is 0.316. The van der Waals surface area contributed by atoms with Crippen molar-refractivity contribution in [3.05, 3.63) is 56.7 Å². The van der Waals surface area contributed by atoms with Crippen molar-refractivity contribution in [3.63, 3.8) is 0 Å². The molecular weight excluding hydrogens is 417 g/mol. The lowest BCUT2D eigenvalue weighted by Crippen LogP contribution is -2.27. The summed E-state index contributed by atoms with van der Waals surface area (Å²) in [6.07, 6.45) is 1.22. The number of amides is 1. The quantitative estimate of drug-likeness (QED) is 0.397. The number of rotatable bonds is 6. The molecule has 0 unspecified atom stereocenters. The van der Waals surface area contributed by atoms with Crippen LogP contribution in [0.25, 0.3) is 0 Å². The molecule has 4 nitrogen and oxygen atoms in total. The van der Waals surface area contributed by atoms with E-state index in [1.54, 1.807) is 13.0 Å². The number of ether oxygens (including phenoxy) is 1. The number of halogens is 1. The minimum Gasteiger partial charge on any atom is -0.489 e. The van der Waals surface area contributed by atoms with Gasteiger partial charge >= 0.3 is 0 Å². The zero-order valence-electron chi connectivity index (χ0n) is 14.2. The van der Waals surface area contributed by atoms with Crippen molar-refractivity contribution in [3.8, 4) is 5.75 Å². The first kappa shape index (κ1) is 18.7. The second-order valence-corrected chi connectivity index (χ2v) is 6.70. The Morgan fingerprint density at radius 3 is 2.62 bits per heavy atom. The molecule has 5 heteroatoms. The number of anilines is 1. The molecule has 0 heterocycles. The zero-order chi connectivity index (χ0) is 17.7. The van der Waals surface area contributed by atoms with Crippen molar-refractivity contribution in [1.82, 2.24) is 0 Å². The lowest BCUT2D eigenvalue weighted by Gasteiger charge is -2.20. The van der Waals surface area contributed by atoms with Crippen LogP contribution in [0.3, 0.4) is 0 Å². The van der Waals surface area contributed by atoms with E-state index in [0.717, 1.165) is 26.9 Å². The van der Waals surface area contributed by atoms with Crippen molar-refractivity contribution in [2.45, 2.75) is 40.2 Å². The first-order valence-corrected chi connectivity index (χ1v) is 9.07. The molecule has 2 aromatic rings. The predicted molar refractivity (Wildman–Crippen MR) is 104 cm³/mol. The maximum absolute atomic E-state index is 11.8. The van der Waals surface area contributed by atoms with Gasteiger partial charge in [-0.05, 0) is 65.3 Å². The van der Waals surface area contributed by atoms with Crippen LogP contribution in [0.1, 0.15) is 37.0 Å². The van der Waals surface area contributed by atoms with Crippen LogP contribution in [0.5, 0.6) is 5.75 Å². The van der Waals surface area contributed by atoms with E-state index in [1.807, 2.05) is 25.1 Å². The van der Waals surface area contributed by atoms with Crippen LogP contribution in [-0.2, 0) is 17.8 Å². The van der Waals surface area contributed by atoms with Gasteiger partial charge in [-0.2, -0.15) is 5.06 Å². The van der Waals surface area contributed by atoms with Crippen LogP contribution in [0, 0.1) is 10.5 Å². The molecule has 0 saturated heterocycles. The summed E-state index contributed by atoms with van der Waals surface area (Å²) < 4.78 is 6.89. The summed E-state index contributed by atoms with van der Waals surface area (Å²) >= 11 is 2.19. The highest BCUT2D eigenvalue weighted by Crippen LogP contribution is 2.28. The van der Waals surface area contributed by atoms with E-state index in [4.69, 9.17) is 4.74 Å². The van der Waals surface area contributed by atoms with Crippen molar-refractivity contribution in [1.29, 1.82) is 0 Å². The van der Waals surface area contributed by atoms with E-state index >= 15 is 0 Å². The fourth-order valence-corrected chi connectivity index (χ4v) is 3.06. The van der Waals surface area contributed by atoms with Crippen molar-refractivity contribution >= 4 is 34.2 Å². The van der Waals surface area contributed by atoms with Crippen LogP contribution in [0.2, 0.25) is 0 Å². The molecule has 2 aromatic carbocycles. The lowest BCUT2D eigenvalue weighted by atomic mass is 10.1.